The zero-order valence-corrected chi connectivity index (χ0v) is 20.9. The molecular weight excluding hydrogens is 468 g/mol. The summed E-state index contributed by atoms with van der Waals surface area (Å²) in [5, 5.41) is 40.9. The smallest absolute Gasteiger partial charge is 0.462 e. The average Bonchev–Trinajstić information content (AvgIpc) is 2.88. The lowest BCUT2D eigenvalue weighted by Gasteiger charge is -2.40. The van der Waals surface area contributed by atoms with Crippen LogP contribution < -0.4 is 4.74 Å². The molecule has 1 saturated heterocycles. The van der Waals surface area contributed by atoms with Crippen LogP contribution in [0.4, 0.5) is 4.79 Å². The van der Waals surface area contributed by atoms with Gasteiger partial charge in [0.05, 0.1) is 13.2 Å². The van der Waals surface area contributed by atoms with E-state index in [1.54, 1.807) is 12.1 Å². The quantitative estimate of drug-likeness (QED) is 0.360. The molecule has 0 spiro atoms. The van der Waals surface area contributed by atoms with E-state index in [2.05, 4.69) is 19.1 Å². The molecule has 0 aromatic heterocycles. The molecule has 4 N–H and O–H groups in total. The van der Waals surface area contributed by atoms with E-state index in [0.717, 1.165) is 17.5 Å². The van der Waals surface area contributed by atoms with Gasteiger partial charge in [0.15, 0.2) is 0 Å². The van der Waals surface area contributed by atoms with Crippen LogP contribution in [0.3, 0.4) is 0 Å². The monoisotopic (exact) mass is 504 g/mol. The van der Waals surface area contributed by atoms with Crippen LogP contribution in [0.25, 0.3) is 0 Å². The van der Waals surface area contributed by atoms with E-state index in [9.17, 15) is 25.2 Å². The van der Waals surface area contributed by atoms with Gasteiger partial charge in [-0.25, -0.2) is 4.79 Å². The molecule has 1 aliphatic rings. The van der Waals surface area contributed by atoms with Crippen molar-refractivity contribution >= 4 is 6.16 Å². The van der Waals surface area contributed by atoms with Crippen LogP contribution >= 0.6 is 0 Å². The Morgan fingerprint density at radius 2 is 1.61 bits per heavy atom. The summed E-state index contributed by atoms with van der Waals surface area (Å²) < 4.78 is 21.6. The molecule has 0 radical (unpaired) electrons. The molecule has 0 saturated carbocycles. The molecule has 2 aromatic carbocycles. The van der Waals surface area contributed by atoms with Crippen molar-refractivity contribution in [2.24, 2.45) is 5.92 Å². The Morgan fingerprint density at radius 1 is 0.944 bits per heavy atom. The third-order valence-corrected chi connectivity index (χ3v) is 5.95. The standard InChI is InChI=1S/C27H36O9/c1-4-17-5-7-18(8-6-17)11-20-10-9-19(13-28)12-21(20)35-26-25(31)24(30)23(29)22(36-26)15-34-27(32)33-14-16(2)3/h5-10,12,16,22-26,28-31H,4,11,13-15H2,1-3H3/t22-,23-,24+,25-,26?/m1/s1. The molecule has 0 aliphatic carbocycles. The molecule has 36 heavy (non-hydrogen) atoms. The van der Waals surface area contributed by atoms with Gasteiger partial charge in [-0.15, -0.1) is 0 Å². The van der Waals surface area contributed by atoms with E-state index in [0.29, 0.717) is 17.7 Å². The third-order valence-electron chi connectivity index (χ3n) is 5.95. The van der Waals surface area contributed by atoms with Crippen molar-refractivity contribution in [2.45, 2.75) is 70.9 Å². The summed E-state index contributed by atoms with van der Waals surface area (Å²) in [4.78, 5) is 11.8. The second kappa shape index (κ2) is 13.0. The fraction of sp³-hybridized carbons (Fsp3) is 0.519. The van der Waals surface area contributed by atoms with Crippen LogP contribution in [0.15, 0.2) is 42.5 Å². The molecule has 9 heteroatoms. The molecule has 198 valence electrons. The molecule has 2 aromatic rings. The van der Waals surface area contributed by atoms with Crippen LogP contribution in [0.1, 0.15) is 43.0 Å². The van der Waals surface area contributed by atoms with Crippen molar-refractivity contribution in [1.82, 2.24) is 0 Å². The van der Waals surface area contributed by atoms with Gasteiger partial charge in [0.1, 0.15) is 36.8 Å². The summed E-state index contributed by atoms with van der Waals surface area (Å²) in [6, 6.07) is 13.4. The lowest BCUT2D eigenvalue weighted by atomic mass is 9.98. The van der Waals surface area contributed by atoms with Gasteiger partial charge in [-0.3, -0.25) is 0 Å². The highest BCUT2D eigenvalue weighted by Crippen LogP contribution is 2.29. The van der Waals surface area contributed by atoms with E-state index in [1.807, 2.05) is 32.0 Å². The van der Waals surface area contributed by atoms with Crippen molar-refractivity contribution < 1.29 is 44.2 Å². The molecule has 3 rings (SSSR count). The van der Waals surface area contributed by atoms with Crippen LogP contribution in [0.2, 0.25) is 0 Å². The maximum Gasteiger partial charge on any atom is 0.508 e. The fourth-order valence-corrected chi connectivity index (χ4v) is 3.77. The average molecular weight is 505 g/mol. The minimum atomic E-state index is -1.60. The largest absolute Gasteiger partial charge is 0.508 e. The number of aliphatic hydroxyl groups excluding tert-OH is 4. The van der Waals surface area contributed by atoms with Crippen LogP contribution in [0, 0.1) is 5.92 Å². The molecule has 1 unspecified atom stereocenters. The number of ether oxygens (including phenoxy) is 4. The molecule has 1 heterocycles. The van der Waals surface area contributed by atoms with Crippen LogP contribution in [-0.4, -0.2) is 70.5 Å². The van der Waals surface area contributed by atoms with Gasteiger partial charge in [-0.05, 0) is 40.7 Å². The summed E-state index contributed by atoms with van der Waals surface area (Å²) in [5.41, 5.74) is 3.63. The van der Waals surface area contributed by atoms with E-state index < -0.39 is 43.5 Å². The molecule has 9 nitrogen and oxygen atoms in total. The lowest BCUT2D eigenvalue weighted by molar-refractivity contribution is -0.278. The van der Waals surface area contributed by atoms with Gasteiger partial charge in [0.25, 0.3) is 0 Å². The van der Waals surface area contributed by atoms with E-state index in [4.69, 9.17) is 18.9 Å². The predicted octanol–water partition coefficient (Wildman–Crippen LogP) is 2.33. The number of aryl methyl sites for hydroxylation is 1. The Morgan fingerprint density at radius 3 is 2.25 bits per heavy atom. The van der Waals surface area contributed by atoms with Crippen molar-refractivity contribution in [3.05, 3.63) is 64.7 Å². The summed E-state index contributed by atoms with van der Waals surface area (Å²) in [6.45, 7) is 5.39. The topological polar surface area (TPSA) is 135 Å². The minimum Gasteiger partial charge on any atom is -0.462 e. The maximum atomic E-state index is 11.8. The van der Waals surface area contributed by atoms with Crippen molar-refractivity contribution in [3.63, 3.8) is 0 Å². The second-order valence-electron chi connectivity index (χ2n) is 9.35. The van der Waals surface area contributed by atoms with Gasteiger partial charge in [-0.2, -0.15) is 0 Å². The summed E-state index contributed by atoms with van der Waals surface area (Å²) in [6.07, 6.45) is -6.68. The zero-order valence-electron chi connectivity index (χ0n) is 20.9. The molecular formula is C27H36O9. The van der Waals surface area contributed by atoms with Crippen molar-refractivity contribution in [3.8, 4) is 5.75 Å². The number of benzene rings is 2. The Hall–Kier alpha value is -2.69. The summed E-state index contributed by atoms with van der Waals surface area (Å²) in [7, 11) is 0. The Kier molecular flexibility index (Phi) is 10.1. The highest BCUT2D eigenvalue weighted by Gasteiger charge is 2.45. The van der Waals surface area contributed by atoms with E-state index in [-0.39, 0.29) is 19.1 Å². The predicted molar refractivity (Wildman–Crippen MR) is 130 cm³/mol. The highest BCUT2D eigenvalue weighted by molar-refractivity contribution is 5.59. The number of hydrogen-bond donors (Lipinski definition) is 4. The van der Waals surface area contributed by atoms with Gasteiger partial charge in [-0.1, -0.05) is 57.2 Å². The summed E-state index contributed by atoms with van der Waals surface area (Å²) in [5.74, 6) is 0.474. The fourth-order valence-electron chi connectivity index (χ4n) is 3.77. The normalized spacial score (nSPS) is 23.9. The number of carbonyl (C=O) groups is 1. The first-order valence-electron chi connectivity index (χ1n) is 12.2. The lowest BCUT2D eigenvalue weighted by Crippen LogP contribution is -2.60. The van der Waals surface area contributed by atoms with E-state index in [1.165, 1.54) is 5.56 Å². The molecule has 0 bridgehead atoms. The number of rotatable bonds is 10. The Bertz CT molecular complexity index is 976. The van der Waals surface area contributed by atoms with Crippen molar-refractivity contribution in [1.29, 1.82) is 0 Å². The maximum absolute atomic E-state index is 11.8. The minimum absolute atomic E-state index is 0.122. The van der Waals surface area contributed by atoms with Gasteiger partial charge >= 0.3 is 6.16 Å². The van der Waals surface area contributed by atoms with Gasteiger partial charge < -0.3 is 39.4 Å². The Balaban J connectivity index is 1.74. The van der Waals surface area contributed by atoms with Crippen molar-refractivity contribution in [2.75, 3.05) is 13.2 Å². The zero-order chi connectivity index (χ0) is 26.2. The first-order chi connectivity index (χ1) is 17.2. The molecule has 1 fully saturated rings. The molecule has 0 amide bonds. The summed E-state index contributed by atoms with van der Waals surface area (Å²) >= 11 is 0. The first-order valence-corrected chi connectivity index (χ1v) is 12.2. The first kappa shape index (κ1) is 27.9. The van der Waals surface area contributed by atoms with Crippen LogP contribution in [-0.2, 0) is 33.7 Å². The van der Waals surface area contributed by atoms with E-state index >= 15 is 0 Å². The number of hydrogen-bond acceptors (Lipinski definition) is 9. The highest BCUT2D eigenvalue weighted by atomic mass is 16.7. The molecule has 1 aliphatic heterocycles. The van der Waals surface area contributed by atoms with Crippen LogP contribution in [0.5, 0.6) is 5.75 Å². The molecule has 5 atom stereocenters. The van der Waals surface area contributed by atoms with Gasteiger partial charge in [0.2, 0.25) is 6.29 Å². The number of carbonyl (C=O) groups excluding carboxylic acids is 1. The third kappa shape index (κ3) is 7.41. The second-order valence-corrected chi connectivity index (χ2v) is 9.35. The Labute approximate surface area is 211 Å². The number of aliphatic hydroxyl groups is 4. The van der Waals surface area contributed by atoms with Gasteiger partial charge in [0, 0.05) is 6.42 Å². The SMILES string of the molecule is CCc1ccc(Cc2ccc(CO)cc2OC2O[C@H](COC(=O)OCC(C)C)[C@@H](O)[C@H](O)[C@H]2O)cc1.